The maximum atomic E-state index is 13.6. The molecule has 0 aliphatic carbocycles. The van der Waals surface area contributed by atoms with E-state index in [1.807, 2.05) is 30.0 Å². The summed E-state index contributed by atoms with van der Waals surface area (Å²) in [6.45, 7) is 6.08. The van der Waals surface area contributed by atoms with Gasteiger partial charge in [-0.2, -0.15) is 0 Å². The van der Waals surface area contributed by atoms with Gasteiger partial charge in [0.25, 0.3) is 0 Å². The number of aryl methyl sites for hydroxylation is 2. The first-order chi connectivity index (χ1) is 14.2. The van der Waals surface area contributed by atoms with Crippen molar-refractivity contribution in [2.45, 2.75) is 39.4 Å². The summed E-state index contributed by atoms with van der Waals surface area (Å²) in [5, 5.41) is 11.7. The second kappa shape index (κ2) is 11.8. The van der Waals surface area contributed by atoms with Gasteiger partial charge in [-0.3, -0.25) is 0 Å². The second-order valence-corrected chi connectivity index (χ2v) is 18.0. The number of nitrogens with zero attached hydrogens (tertiary/aromatic N) is 3. The number of rotatable bonds is 7. The summed E-state index contributed by atoms with van der Waals surface area (Å²) in [5.74, 6) is -0.244. The fourth-order valence-electron chi connectivity index (χ4n) is 2.33. The van der Waals surface area contributed by atoms with Crippen LogP contribution in [0.1, 0.15) is 34.8 Å². The van der Waals surface area contributed by atoms with Crippen LogP contribution in [0.2, 0.25) is 0 Å². The van der Waals surface area contributed by atoms with Crippen molar-refractivity contribution in [3.63, 3.8) is 0 Å². The Balaban J connectivity index is 2.04. The number of allylic oxidation sites excluding steroid dienone is 2. The monoisotopic (exact) mass is 759 g/mol. The average Bonchev–Trinajstić information content (AvgIpc) is 3.17. The van der Waals surface area contributed by atoms with E-state index in [1.165, 1.54) is 6.08 Å². The van der Waals surface area contributed by atoms with Crippen LogP contribution in [0.3, 0.4) is 0 Å². The first kappa shape index (κ1) is 25.6. The summed E-state index contributed by atoms with van der Waals surface area (Å²) in [7, 11) is 0. The van der Waals surface area contributed by atoms with Crippen molar-refractivity contribution in [2.24, 2.45) is 3.15 Å². The second-order valence-electron chi connectivity index (χ2n) is 6.31. The van der Waals surface area contributed by atoms with Crippen molar-refractivity contribution in [2.75, 3.05) is 11.1 Å². The van der Waals surface area contributed by atoms with Crippen molar-refractivity contribution >= 4 is 47.5 Å². The minimum absolute atomic E-state index is 0.244. The third kappa shape index (κ3) is 7.50. The number of hydrogen-bond donors (Lipinski definition) is 1. The molecule has 0 bridgehead atoms. The molecule has 30 heavy (non-hydrogen) atoms. The van der Waals surface area contributed by atoms with Gasteiger partial charge in [0.15, 0.2) is 0 Å². The van der Waals surface area contributed by atoms with Crippen molar-refractivity contribution < 1.29 is 35.2 Å². The molecule has 1 atom stereocenters. The number of carbonyl (C=O) groups is 1. The summed E-state index contributed by atoms with van der Waals surface area (Å²) in [5.41, 5.74) is 3.23. The van der Waals surface area contributed by atoms with E-state index in [1.54, 1.807) is 12.1 Å². The maximum absolute atomic E-state index is 13.6. The van der Waals surface area contributed by atoms with Crippen LogP contribution in [-0.2, 0) is 0 Å². The van der Waals surface area contributed by atoms with Gasteiger partial charge in [0.05, 0.1) is 0 Å². The Kier molecular flexibility index (Phi) is 10.1. The van der Waals surface area contributed by atoms with E-state index in [-0.39, 0.29) is 5.91 Å². The molecule has 1 aromatic carbocycles. The standard InChI is InChI=1S/C19H21F3I3N4O/c1-4-16(29-10-15(9-26)28-25-29)8-17(19(20,21)22)24-23-11-27-18(30)14-6-5-12(2)13(3)7-14/h5-8,15H,4,10-11H2,1-3H3,(H,27,30)/q-1/b16-8+. The molecule has 1 N–H and O–H groups in total. The molecule has 0 radical (unpaired) electrons. The molecular weight excluding hydrogens is 738 g/mol. The third-order valence-corrected chi connectivity index (χ3v) is 15.7. The predicted molar refractivity (Wildman–Crippen MR) is 124 cm³/mol. The Morgan fingerprint density at radius 1 is 1.47 bits per heavy atom. The van der Waals surface area contributed by atoms with E-state index in [0.717, 1.165) is 11.1 Å². The van der Waals surface area contributed by atoms with Crippen LogP contribution in [0, 0.1) is 25.2 Å². The van der Waals surface area contributed by atoms with Gasteiger partial charge in [0.1, 0.15) is 0 Å². The number of halogens is 6. The number of hydrogen-bond acceptors (Lipinski definition) is 4. The van der Waals surface area contributed by atoms with Gasteiger partial charge >= 0.3 is 203 Å². The molecule has 1 aliphatic rings. The molecule has 0 fully saturated rings. The Labute approximate surface area is 201 Å². The molecule has 5 nitrogen and oxygen atoms in total. The van der Waals surface area contributed by atoms with Crippen molar-refractivity contribution in [3.8, 4) is 6.07 Å². The summed E-state index contributed by atoms with van der Waals surface area (Å²) < 4.78 is 46.6. The van der Waals surface area contributed by atoms with E-state index >= 15 is 0 Å². The number of benzene rings is 1. The van der Waals surface area contributed by atoms with Crippen molar-refractivity contribution in [3.05, 3.63) is 46.7 Å². The zero-order valence-electron chi connectivity index (χ0n) is 16.5. The molecule has 0 aromatic heterocycles. The number of carbonyl (C=O) groups excluding carboxylic acids is 1. The molecule has 1 heterocycles. The molecule has 1 aromatic rings. The van der Waals surface area contributed by atoms with E-state index in [9.17, 15) is 18.0 Å². The van der Waals surface area contributed by atoms with Crippen LogP contribution in [0.15, 0.2) is 33.1 Å². The van der Waals surface area contributed by atoms with Gasteiger partial charge in [-0.15, -0.1) is 0 Å². The number of nitrogens with one attached hydrogen (secondary N) is 1. The van der Waals surface area contributed by atoms with Crippen LogP contribution in [0.25, 0.3) is 0 Å². The molecule has 11 heteroatoms. The van der Waals surface area contributed by atoms with E-state index in [4.69, 9.17) is 5.26 Å². The number of alkyl halides is 4. The first-order valence-electron chi connectivity index (χ1n) is 8.91. The van der Waals surface area contributed by atoms with Crippen LogP contribution >= 0.6 is 38.1 Å². The summed E-state index contributed by atoms with van der Waals surface area (Å²) in [6.07, 6.45) is -2.62. The molecule has 1 unspecified atom stereocenters. The predicted octanol–water partition coefficient (Wildman–Crippen LogP) is 2.27. The minimum atomic E-state index is -4.37. The van der Waals surface area contributed by atoms with Crippen molar-refractivity contribution in [1.82, 2.24) is 8.43 Å². The molecule has 0 saturated carbocycles. The van der Waals surface area contributed by atoms with Crippen LogP contribution in [0.5, 0.6) is 0 Å². The number of nitriles is 1. The third-order valence-electron chi connectivity index (χ3n) is 4.15. The fourth-order valence-corrected chi connectivity index (χ4v) is 12.6. The van der Waals surface area contributed by atoms with Gasteiger partial charge in [-0.05, 0) is 0 Å². The van der Waals surface area contributed by atoms with Crippen molar-refractivity contribution in [1.29, 1.82) is 5.26 Å². The Morgan fingerprint density at radius 2 is 2.20 bits per heavy atom. The summed E-state index contributed by atoms with van der Waals surface area (Å²) in [4.78, 5) is 12.2. The molecule has 166 valence electrons. The van der Waals surface area contributed by atoms with E-state index < -0.39 is 71.0 Å². The Hall–Kier alpha value is -0.630. The molecule has 1 aliphatic heterocycles. The van der Waals surface area contributed by atoms with Crippen LogP contribution in [0.4, 0.5) is 13.2 Å². The zero-order valence-corrected chi connectivity index (χ0v) is 23.0. The normalized spacial score (nSPS) is 17.9. The van der Waals surface area contributed by atoms with E-state index in [0.29, 0.717) is 28.8 Å². The molecule has 0 saturated heterocycles. The molecule has 2 rings (SSSR count). The van der Waals surface area contributed by atoms with Gasteiger partial charge in [0.2, 0.25) is 0 Å². The van der Waals surface area contributed by atoms with Gasteiger partial charge < -0.3 is 0 Å². The SMILES string of the molecule is CC/C(=C\C(=I[I-]CNC(=O)c1ccc(C)c(C)c1)C(F)(F)F)N1CC(C#N)N=I1. The van der Waals surface area contributed by atoms with Gasteiger partial charge in [0, 0.05) is 0 Å². The molecule has 0 spiro atoms. The summed E-state index contributed by atoms with van der Waals surface area (Å²) >= 11 is -2.80. The zero-order chi connectivity index (χ0) is 22.3. The van der Waals surface area contributed by atoms with Crippen LogP contribution < -0.4 is 22.5 Å². The fraction of sp³-hybridized carbons (Fsp3) is 0.421. The number of amides is 1. The van der Waals surface area contributed by atoms with Gasteiger partial charge in [-0.1, -0.05) is 0 Å². The van der Waals surface area contributed by atoms with E-state index in [2.05, 4.69) is 14.5 Å². The first-order valence-corrected chi connectivity index (χ1v) is 19.7. The average molecular weight is 759 g/mol. The Bertz CT molecular complexity index is 923. The quantitative estimate of drug-likeness (QED) is 0.153. The molecular formula is C19H21F3I3N4O-. The topological polar surface area (TPSA) is 68.5 Å². The van der Waals surface area contributed by atoms with Crippen LogP contribution in [-0.4, -0.2) is 35.8 Å². The van der Waals surface area contributed by atoms with Gasteiger partial charge in [-0.25, -0.2) is 0 Å². The molecule has 1 amide bonds. The Morgan fingerprint density at radius 3 is 2.77 bits per heavy atom. The summed E-state index contributed by atoms with van der Waals surface area (Å²) in [6, 6.07) is 7.01.